The SMILES string of the molecule is CCC(N)Cc1cc(F)ccc1Oc1cncc(Cl)c1. The number of hydrogen-bond donors (Lipinski definition) is 1. The Labute approximate surface area is 122 Å². The lowest BCUT2D eigenvalue weighted by Crippen LogP contribution is -2.21. The predicted octanol–water partition coefficient (Wildman–Crippen LogP) is 3.95. The molecule has 1 unspecified atom stereocenters. The van der Waals surface area contributed by atoms with Crippen LogP contribution in [0.1, 0.15) is 18.9 Å². The molecule has 2 aromatic rings. The van der Waals surface area contributed by atoms with E-state index >= 15 is 0 Å². The molecule has 106 valence electrons. The van der Waals surface area contributed by atoms with E-state index in [1.54, 1.807) is 18.3 Å². The van der Waals surface area contributed by atoms with Gasteiger partial charge in [-0.3, -0.25) is 4.98 Å². The van der Waals surface area contributed by atoms with Crippen LogP contribution in [0.5, 0.6) is 11.5 Å². The number of rotatable bonds is 5. The molecule has 1 atom stereocenters. The van der Waals surface area contributed by atoms with Crippen molar-refractivity contribution < 1.29 is 9.13 Å². The van der Waals surface area contributed by atoms with Gasteiger partial charge in [0.05, 0.1) is 11.2 Å². The van der Waals surface area contributed by atoms with Crippen molar-refractivity contribution in [3.8, 4) is 11.5 Å². The minimum Gasteiger partial charge on any atom is -0.455 e. The third-order valence-corrected chi connectivity index (χ3v) is 3.14. The first-order valence-corrected chi connectivity index (χ1v) is 6.78. The van der Waals surface area contributed by atoms with E-state index in [9.17, 15) is 4.39 Å². The third-order valence-electron chi connectivity index (χ3n) is 2.94. The number of benzene rings is 1. The largest absolute Gasteiger partial charge is 0.455 e. The fourth-order valence-corrected chi connectivity index (χ4v) is 1.97. The van der Waals surface area contributed by atoms with Crippen molar-refractivity contribution in [2.24, 2.45) is 5.73 Å². The first-order valence-electron chi connectivity index (χ1n) is 6.41. The van der Waals surface area contributed by atoms with Gasteiger partial charge < -0.3 is 10.5 Å². The number of nitrogens with zero attached hydrogens (tertiary/aromatic N) is 1. The van der Waals surface area contributed by atoms with Crippen molar-refractivity contribution in [2.75, 3.05) is 0 Å². The molecule has 0 aliphatic rings. The summed E-state index contributed by atoms with van der Waals surface area (Å²) in [5.74, 6) is 0.773. The maximum Gasteiger partial charge on any atom is 0.147 e. The lowest BCUT2D eigenvalue weighted by Gasteiger charge is -2.14. The number of hydrogen-bond acceptors (Lipinski definition) is 3. The Hall–Kier alpha value is -1.65. The minimum atomic E-state index is -0.306. The van der Waals surface area contributed by atoms with Gasteiger partial charge in [-0.15, -0.1) is 0 Å². The van der Waals surface area contributed by atoms with Gasteiger partial charge in [-0.25, -0.2) is 4.39 Å². The molecule has 0 bridgehead atoms. The second-order valence-corrected chi connectivity index (χ2v) is 5.00. The highest BCUT2D eigenvalue weighted by atomic mass is 35.5. The van der Waals surface area contributed by atoms with Gasteiger partial charge in [-0.2, -0.15) is 0 Å². The normalized spacial score (nSPS) is 12.2. The third kappa shape index (κ3) is 3.92. The summed E-state index contributed by atoms with van der Waals surface area (Å²) in [5, 5.41) is 0.483. The van der Waals surface area contributed by atoms with Gasteiger partial charge in [0.25, 0.3) is 0 Å². The van der Waals surface area contributed by atoms with Gasteiger partial charge >= 0.3 is 0 Å². The highest BCUT2D eigenvalue weighted by Crippen LogP contribution is 2.28. The Bertz CT molecular complexity index is 592. The van der Waals surface area contributed by atoms with Crippen LogP contribution < -0.4 is 10.5 Å². The van der Waals surface area contributed by atoms with E-state index < -0.39 is 0 Å². The number of ether oxygens (including phenoxy) is 1. The van der Waals surface area contributed by atoms with E-state index in [0.29, 0.717) is 22.9 Å². The molecule has 0 fully saturated rings. The van der Waals surface area contributed by atoms with Gasteiger partial charge in [0.2, 0.25) is 0 Å². The zero-order valence-corrected chi connectivity index (χ0v) is 11.9. The summed E-state index contributed by atoms with van der Waals surface area (Å²) >= 11 is 5.86. The van der Waals surface area contributed by atoms with Crippen molar-refractivity contribution in [2.45, 2.75) is 25.8 Å². The first kappa shape index (κ1) is 14.8. The lowest BCUT2D eigenvalue weighted by molar-refractivity contribution is 0.467. The van der Waals surface area contributed by atoms with Crippen LogP contribution in [0, 0.1) is 5.82 Å². The van der Waals surface area contributed by atoms with E-state index in [4.69, 9.17) is 22.1 Å². The summed E-state index contributed by atoms with van der Waals surface area (Å²) < 4.78 is 19.1. The highest BCUT2D eigenvalue weighted by Gasteiger charge is 2.10. The van der Waals surface area contributed by atoms with Gasteiger partial charge in [-0.1, -0.05) is 18.5 Å². The molecule has 1 aromatic carbocycles. The van der Waals surface area contributed by atoms with Crippen LogP contribution in [0.15, 0.2) is 36.7 Å². The lowest BCUT2D eigenvalue weighted by atomic mass is 10.0. The molecule has 0 spiro atoms. The zero-order chi connectivity index (χ0) is 14.5. The molecule has 0 saturated carbocycles. The first-order chi connectivity index (χ1) is 9.58. The molecule has 0 amide bonds. The topological polar surface area (TPSA) is 48.1 Å². The standard InChI is InChI=1S/C15H16ClFN2O/c1-2-13(18)6-10-5-12(17)3-4-15(10)20-14-7-11(16)8-19-9-14/h3-5,7-9,13H,2,6,18H2,1H3. The zero-order valence-electron chi connectivity index (χ0n) is 11.1. The number of halogens is 2. The van der Waals surface area contributed by atoms with Crippen LogP contribution >= 0.6 is 11.6 Å². The Morgan fingerprint density at radius 1 is 1.35 bits per heavy atom. The molecule has 0 saturated heterocycles. The summed E-state index contributed by atoms with van der Waals surface area (Å²) in [7, 11) is 0. The quantitative estimate of drug-likeness (QED) is 0.908. The van der Waals surface area contributed by atoms with Crippen LogP contribution in [-0.2, 0) is 6.42 Å². The maximum absolute atomic E-state index is 13.4. The second kappa shape index (κ2) is 6.68. The van der Waals surface area contributed by atoms with E-state index in [0.717, 1.165) is 12.0 Å². The van der Waals surface area contributed by atoms with Gasteiger partial charge in [0, 0.05) is 18.3 Å². The molecule has 20 heavy (non-hydrogen) atoms. The monoisotopic (exact) mass is 294 g/mol. The van der Waals surface area contributed by atoms with E-state index in [2.05, 4.69) is 4.98 Å². The second-order valence-electron chi connectivity index (χ2n) is 4.57. The fraction of sp³-hybridized carbons (Fsp3) is 0.267. The summed E-state index contributed by atoms with van der Waals surface area (Å²) in [6.45, 7) is 1.99. The van der Waals surface area contributed by atoms with E-state index in [1.807, 2.05) is 6.92 Å². The van der Waals surface area contributed by atoms with Crippen LogP contribution in [0.4, 0.5) is 4.39 Å². The molecule has 1 heterocycles. The predicted molar refractivity (Wildman–Crippen MR) is 77.7 cm³/mol. The molecule has 0 aliphatic heterocycles. The van der Waals surface area contributed by atoms with Crippen molar-refractivity contribution in [1.82, 2.24) is 4.98 Å². The van der Waals surface area contributed by atoms with E-state index in [-0.39, 0.29) is 11.9 Å². The fourth-order valence-electron chi connectivity index (χ4n) is 1.81. The molecule has 1 aromatic heterocycles. The average Bonchev–Trinajstić information content (AvgIpc) is 2.42. The van der Waals surface area contributed by atoms with Crippen LogP contribution in [0.2, 0.25) is 5.02 Å². The molecule has 0 aliphatic carbocycles. The summed E-state index contributed by atoms with van der Waals surface area (Å²) in [5.41, 5.74) is 6.67. The molecule has 3 nitrogen and oxygen atoms in total. The van der Waals surface area contributed by atoms with Crippen molar-refractivity contribution >= 4 is 11.6 Å². The van der Waals surface area contributed by atoms with Crippen LogP contribution in [0.25, 0.3) is 0 Å². The summed E-state index contributed by atoms with van der Waals surface area (Å²) in [4.78, 5) is 3.95. The minimum absolute atomic E-state index is 0.0309. The summed E-state index contributed by atoms with van der Waals surface area (Å²) in [6.07, 6.45) is 4.44. The number of aromatic nitrogens is 1. The van der Waals surface area contributed by atoms with Crippen LogP contribution in [-0.4, -0.2) is 11.0 Å². The van der Waals surface area contributed by atoms with Crippen molar-refractivity contribution in [1.29, 1.82) is 0 Å². The van der Waals surface area contributed by atoms with Gasteiger partial charge in [-0.05, 0) is 36.6 Å². The van der Waals surface area contributed by atoms with Gasteiger partial charge in [0.1, 0.15) is 17.3 Å². The highest BCUT2D eigenvalue weighted by molar-refractivity contribution is 6.30. The number of nitrogens with two attached hydrogens (primary N) is 1. The molecule has 5 heteroatoms. The molecule has 2 N–H and O–H groups in total. The molecule has 0 radical (unpaired) electrons. The Morgan fingerprint density at radius 3 is 2.85 bits per heavy atom. The maximum atomic E-state index is 13.4. The Balaban J connectivity index is 2.26. The molecule has 2 rings (SSSR count). The van der Waals surface area contributed by atoms with Crippen LogP contribution in [0.3, 0.4) is 0 Å². The average molecular weight is 295 g/mol. The van der Waals surface area contributed by atoms with Crippen molar-refractivity contribution in [3.63, 3.8) is 0 Å². The van der Waals surface area contributed by atoms with Crippen molar-refractivity contribution in [3.05, 3.63) is 53.1 Å². The Morgan fingerprint density at radius 2 is 2.15 bits per heavy atom. The Kier molecular flexibility index (Phi) is 4.93. The smallest absolute Gasteiger partial charge is 0.147 e. The summed E-state index contributed by atoms with van der Waals surface area (Å²) in [6, 6.07) is 6.02. The molecular formula is C15H16ClFN2O. The number of pyridine rings is 1. The van der Waals surface area contributed by atoms with Gasteiger partial charge in [0.15, 0.2) is 0 Å². The molecular weight excluding hydrogens is 279 g/mol. The van der Waals surface area contributed by atoms with E-state index in [1.165, 1.54) is 18.3 Å².